The van der Waals surface area contributed by atoms with E-state index in [2.05, 4.69) is 16.8 Å². The molecule has 0 aliphatic heterocycles. The third-order valence-electron chi connectivity index (χ3n) is 1.60. The first-order chi connectivity index (χ1) is 5.29. The van der Waals surface area contributed by atoms with Crippen LogP contribution in [0.4, 0.5) is 0 Å². The number of hydrogen-bond acceptors (Lipinski definition) is 1. The second kappa shape index (κ2) is 3.19. The van der Waals surface area contributed by atoms with Crippen LogP contribution in [0.15, 0.2) is 12.7 Å². The van der Waals surface area contributed by atoms with E-state index in [1.165, 1.54) is 0 Å². The minimum Gasteiger partial charge on any atom is -0.278 e. The van der Waals surface area contributed by atoms with Crippen molar-refractivity contribution in [2.45, 2.75) is 13.8 Å². The molecule has 0 saturated heterocycles. The fourth-order valence-electron chi connectivity index (χ4n) is 1.01. The zero-order chi connectivity index (χ0) is 8.27. The van der Waals surface area contributed by atoms with Crippen molar-refractivity contribution < 1.29 is 0 Å². The lowest BCUT2D eigenvalue weighted by Crippen LogP contribution is -2.23. The van der Waals surface area contributed by atoms with E-state index in [9.17, 15) is 0 Å². The van der Waals surface area contributed by atoms with Crippen LogP contribution in [0.2, 0.25) is 0 Å². The van der Waals surface area contributed by atoms with E-state index in [0.717, 1.165) is 16.3 Å². The van der Waals surface area contributed by atoms with E-state index in [0.29, 0.717) is 0 Å². The Kier molecular flexibility index (Phi) is 2.26. The van der Waals surface area contributed by atoms with Crippen molar-refractivity contribution in [3.8, 4) is 0 Å². The summed E-state index contributed by atoms with van der Waals surface area (Å²) in [6.07, 6.45) is 5.72. The number of aromatic amines is 1. The maximum Gasteiger partial charge on any atom is 0.0669 e. The Morgan fingerprint density at radius 1 is 1.55 bits per heavy atom. The lowest BCUT2D eigenvalue weighted by Gasteiger charge is -1.77. The van der Waals surface area contributed by atoms with Crippen molar-refractivity contribution in [3.05, 3.63) is 28.9 Å². The summed E-state index contributed by atoms with van der Waals surface area (Å²) in [5, 5.41) is 9.18. The van der Waals surface area contributed by atoms with E-state index in [1.807, 2.05) is 26.0 Å². The van der Waals surface area contributed by atoms with Crippen LogP contribution in [0, 0.1) is 6.92 Å². The summed E-state index contributed by atoms with van der Waals surface area (Å²) in [6.45, 7) is 7.59. The molecule has 1 aromatic heterocycles. The van der Waals surface area contributed by atoms with Gasteiger partial charge in [0.1, 0.15) is 0 Å². The maximum atomic E-state index is 4.07. The number of nitrogens with zero attached hydrogens (tertiary/aromatic N) is 1. The fraction of sp³-hybridized carbons (Fsp3) is 0.222. The molecule has 0 radical (unpaired) electrons. The first-order valence-electron chi connectivity index (χ1n) is 3.59. The molecular weight excluding hydrogens is 136 g/mol. The largest absolute Gasteiger partial charge is 0.278 e. The normalized spacial score (nSPS) is 14.0. The first-order valence-corrected chi connectivity index (χ1v) is 3.59. The van der Waals surface area contributed by atoms with Crippen LogP contribution in [0.3, 0.4) is 0 Å². The van der Waals surface area contributed by atoms with E-state index in [-0.39, 0.29) is 0 Å². The minimum atomic E-state index is 1.01. The zero-order valence-electron chi connectivity index (χ0n) is 6.89. The van der Waals surface area contributed by atoms with Crippen LogP contribution in [0.1, 0.15) is 12.6 Å². The summed E-state index contributed by atoms with van der Waals surface area (Å²) in [6, 6.07) is 0. The van der Waals surface area contributed by atoms with E-state index < -0.39 is 0 Å². The van der Waals surface area contributed by atoms with Gasteiger partial charge in [0.05, 0.1) is 11.0 Å². The van der Waals surface area contributed by atoms with Crippen LogP contribution < -0.4 is 10.6 Å². The zero-order valence-corrected chi connectivity index (χ0v) is 6.89. The highest BCUT2D eigenvalue weighted by molar-refractivity contribution is 5.37. The summed E-state index contributed by atoms with van der Waals surface area (Å²) >= 11 is 0. The van der Waals surface area contributed by atoms with Gasteiger partial charge in [-0.05, 0) is 13.8 Å². The number of aromatic nitrogens is 2. The average Bonchev–Trinajstić information content (AvgIpc) is 2.34. The summed E-state index contributed by atoms with van der Waals surface area (Å²) in [5.74, 6) is 0. The van der Waals surface area contributed by atoms with Crippen LogP contribution in [0.25, 0.3) is 12.2 Å². The number of hydrogen-bond donors (Lipinski definition) is 1. The third kappa shape index (κ3) is 1.40. The Hall–Kier alpha value is -1.31. The van der Waals surface area contributed by atoms with Crippen LogP contribution in [0.5, 0.6) is 0 Å². The van der Waals surface area contributed by atoms with Gasteiger partial charge in [-0.2, -0.15) is 5.10 Å². The van der Waals surface area contributed by atoms with Crippen molar-refractivity contribution in [2.75, 3.05) is 0 Å². The SMILES string of the molecule is C=C/C=c1/c(C)n[nH]/c1=C/C. The highest BCUT2D eigenvalue weighted by Gasteiger charge is 1.90. The molecule has 1 heterocycles. The third-order valence-corrected chi connectivity index (χ3v) is 1.60. The molecule has 58 valence electrons. The van der Waals surface area contributed by atoms with Gasteiger partial charge < -0.3 is 0 Å². The molecule has 0 saturated carbocycles. The van der Waals surface area contributed by atoms with Crippen molar-refractivity contribution >= 4 is 12.2 Å². The Morgan fingerprint density at radius 2 is 2.27 bits per heavy atom. The van der Waals surface area contributed by atoms with E-state index >= 15 is 0 Å². The molecule has 0 amide bonds. The molecule has 2 heteroatoms. The van der Waals surface area contributed by atoms with E-state index in [4.69, 9.17) is 0 Å². The molecule has 0 atom stereocenters. The summed E-state index contributed by atoms with van der Waals surface area (Å²) in [7, 11) is 0. The lowest BCUT2D eigenvalue weighted by molar-refractivity contribution is 1.03. The molecule has 0 bridgehead atoms. The Labute approximate surface area is 65.9 Å². The first kappa shape index (κ1) is 7.79. The monoisotopic (exact) mass is 148 g/mol. The number of rotatable bonds is 1. The molecule has 0 aliphatic rings. The quantitative estimate of drug-likeness (QED) is 0.616. The van der Waals surface area contributed by atoms with Crippen LogP contribution >= 0.6 is 0 Å². The maximum absolute atomic E-state index is 4.07. The Morgan fingerprint density at radius 3 is 2.82 bits per heavy atom. The van der Waals surface area contributed by atoms with Crippen molar-refractivity contribution in [1.82, 2.24) is 10.2 Å². The van der Waals surface area contributed by atoms with E-state index in [1.54, 1.807) is 6.08 Å². The van der Waals surface area contributed by atoms with Gasteiger partial charge in [0, 0.05) is 5.22 Å². The fourth-order valence-corrected chi connectivity index (χ4v) is 1.01. The molecular formula is C9H12N2. The van der Waals surface area contributed by atoms with Crippen LogP contribution in [-0.2, 0) is 0 Å². The number of aryl methyl sites for hydroxylation is 1. The Balaban J connectivity index is 3.54. The smallest absolute Gasteiger partial charge is 0.0669 e. The minimum absolute atomic E-state index is 1.01. The number of allylic oxidation sites excluding steroid dienone is 1. The second-order valence-corrected chi connectivity index (χ2v) is 2.33. The van der Waals surface area contributed by atoms with Gasteiger partial charge in [0.15, 0.2) is 0 Å². The number of H-pyrrole nitrogens is 1. The molecule has 0 spiro atoms. The van der Waals surface area contributed by atoms with Gasteiger partial charge in [0.2, 0.25) is 0 Å². The van der Waals surface area contributed by atoms with Gasteiger partial charge >= 0.3 is 0 Å². The lowest BCUT2D eigenvalue weighted by atomic mass is 10.3. The van der Waals surface area contributed by atoms with Crippen molar-refractivity contribution in [3.63, 3.8) is 0 Å². The summed E-state index contributed by atoms with van der Waals surface area (Å²) in [4.78, 5) is 0. The number of nitrogens with one attached hydrogen (secondary N) is 1. The molecule has 0 aromatic carbocycles. The molecule has 0 fully saturated rings. The van der Waals surface area contributed by atoms with Crippen molar-refractivity contribution in [2.24, 2.45) is 0 Å². The topological polar surface area (TPSA) is 28.7 Å². The van der Waals surface area contributed by atoms with Gasteiger partial charge in [0.25, 0.3) is 0 Å². The summed E-state index contributed by atoms with van der Waals surface area (Å²) < 4.78 is 0. The van der Waals surface area contributed by atoms with Crippen molar-refractivity contribution in [1.29, 1.82) is 0 Å². The molecule has 1 N–H and O–H groups in total. The van der Waals surface area contributed by atoms with Gasteiger partial charge in [-0.25, -0.2) is 0 Å². The Bertz CT molecular complexity index is 357. The van der Waals surface area contributed by atoms with Gasteiger partial charge in [-0.3, -0.25) is 5.10 Å². The highest BCUT2D eigenvalue weighted by atomic mass is 15.1. The average molecular weight is 148 g/mol. The standard InChI is InChI=1S/C9H12N2/c1-4-6-8-7(3)10-11-9(8)5-2/h4-6,11H,1H2,2-3H3/b8-6-,9-5+. The molecule has 0 aliphatic carbocycles. The predicted molar refractivity (Wildman–Crippen MR) is 47.4 cm³/mol. The summed E-state index contributed by atoms with van der Waals surface area (Å²) in [5.41, 5.74) is 1.01. The molecule has 0 unspecified atom stereocenters. The molecule has 1 rings (SSSR count). The van der Waals surface area contributed by atoms with Crippen LogP contribution in [-0.4, -0.2) is 10.2 Å². The van der Waals surface area contributed by atoms with Gasteiger partial charge in [-0.15, -0.1) is 0 Å². The van der Waals surface area contributed by atoms with Gasteiger partial charge in [-0.1, -0.05) is 24.8 Å². The molecule has 11 heavy (non-hydrogen) atoms. The molecule has 2 nitrogen and oxygen atoms in total. The molecule has 1 aromatic rings. The predicted octanol–water partition coefficient (Wildman–Crippen LogP) is 0.485. The second-order valence-electron chi connectivity index (χ2n) is 2.33. The highest BCUT2D eigenvalue weighted by Crippen LogP contribution is 1.74.